The minimum absolute atomic E-state index is 0.0212. The van der Waals surface area contributed by atoms with Crippen LogP contribution >= 0.6 is 0 Å². The standard InChI is InChI=1S/C13H14F3NO5/c1-21-9-6-7(12(19)20)5-8(11(9)22-2)17-10(18)3-4-13(14,15)16/h5-6H,3-4H2,1-2H3,(H,17,18)(H,19,20). The van der Waals surface area contributed by atoms with Crippen LogP contribution in [-0.4, -0.2) is 37.4 Å². The summed E-state index contributed by atoms with van der Waals surface area (Å²) in [7, 11) is 2.52. The highest BCUT2D eigenvalue weighted by atomic mass is 19.4. The fourth-order valence-electron chi connectivity index (χ4n) is 1.65. The zero-order valence-electron chi connectivity index (χ0n) is 11.8. The number of benzene rings is 1. The van der Waals surface area contributed by atoms with Crippen LogP contribution in [0.25, 0.3) is 0 Å². The van der Waals surface area contributed by atoms with Crippen LogP contribution in [0.4, 0.5) is 18.9 Å². The molecule has 6 nitrogen and oxygen atoms in total. The van der Waals surface area contributed by atoms with Crippen LogP contribution in [0.2, 0.25) is 0 Å². The molecule has 0 spiro atoms. The van der Waals surface area contributed by atoms with Crippen LogP contribution in [0.5, 0.6) is 11.5 Å². The molecule has 2 N–H and O–H groups in total. The van der Waals surface area contributed by atoms with E-state index in [4.69, 9.17) is 14.6 Å². The van der Waals surface area contributed by atoms with E-state index in [0.29, 0.717) is 0 Å². The van der Waals surface area contributed by atoms with Gasteiger partial charge in [0.25, 0.3) is 0 Å². The molecule has 0 heterocycles. The Hall–Kier alpha value is -2.45. The second-order valence-corrected chi connectivity index (χ2v) is 4.23. The molecule has 1 amide bonds. The van der Waals surface area contributed by atoms with Gasteiger partial charge < -0.3 is 19.9 Å². The summed E-state index contributed by atoms with van der Waals surface area (Å²) in [4.78, 5) is 22.6. The fraction of sp³-hybridized carbons (Fsp3) is 0.385. The molecular formula is C13H14F3NO5. The van der Waals surface area contributed by atoms with E-state index in [1.54, 1.807) is 0 Å². The van der Waals surface area contributed by atoms with Gasteiger partial charge in [-0.1, -0.05) is 0 Å². The number of nitrogens with one attached hydrogen (secondary N) is 1. The molecule has 0 aromatic heterocycles. The molecule has 0 aliphatic rings. The number of anilines is 1. The van der Waals surface area contributed by atoms with Crippen molar-refractivity contribution in [2.75, 3.05) is 19.5 Å². The number of carboxylic acid groups (broad SMARTS) is 1. The molecule has 0 unspecified atom stereocenters. The first kappa shape index (κ1) is 17.6. The number of hydrogen-bond donors (Lipinski definition) is 2. The molecule has 1 aromatic carbocycles. The molecule has 0 bridgehead atoms. The summed E-state index contributed by atoms with van der Waals surface area (Å²) in [5, 5.41) is 11.2. The van der Waals surface area contributed by atoms with E-state index in [2.05, 4.69) is 5.32 Å². The number of rotatable bonds is 6. The number of aromatic carboxylic acids is 1. The smallest absolute Gasteiger partial charge is 0.389 e. The van der Waals surface area contributed by atoms with E-state index in [9.17, 15) is 22.8 Å². The summed E-state index contributed by atoms with van der Waals surface area (Å²) in [6.45, 7) is 0. The van der Waals surface area contributed by atoms with Gasteiger partial charge in [-0.05, 0) is 12.1 Å². The third kappa shape index (κ3) is 4.83. The Balaban J connectivity index is 3.03. The number of methoxy groups -OCH3 is 2. The van der Waals surface area contributed by atoms with Gasteiger partial charge in [-0.15, -0.1) is 0 Å². The summed E-state index contributed by atoms with van der Waals surface area (Å²) < 4.78 is 46.2. The lowest BCUT2D eigenvalue weighted by Crippen LogP contribution is -2.17. The molecule has 0 saturated heterocycles. The van der Waals surface area contributed by atoms with Gasteiger partial charge in [-0.2, -0.15) is 13.2 Å². The number of alkyl halides is 3. The predicted octanol–water partition coefficient (Wildman–Crippen LogP) is 2.68. The molecule has 0 atom stereocenters. The fourth-order valence-corrected chi connectivity index (χ4v) is 1.65. The highest BCUT2D eigenvalue weighted by Gasteiger charge is 2.28. The van der Waals surface area contributed by atoms with Gasteiger partial charge in [-0.25, -0.2) is 4.79 Å². The first-order valence-corrected chi connectivity index (χ1v) is 6.04. The van der Waals surface area contributed by atoms with Crippen molar-refractivity contribution in [3.05, 3.63) is 17.7 Å². The van der Waals surface area contributed by atoms with Crippen molar-refractivity contribution >= 4 is 17.6 Å². The molecule has 122 valence electrons. The van der Waals surface area contributed by atoms with Crippen LogP contribution < -0.4 is 14.8 Å². The Morgan fingerprint density at radius 1 is 1.23 bits per heavy atom. The minimum atomic E-state index is -4.46. The van der Waals surface area contributed by atoms with E-state index in [-0.39, 0.29) is 22.7 Å². The van der Waals surface area contributed by atoms with Crippen LogP contribution in [0.1, 0.15) is 23.2 Å². The number of amides is 1. The van der Waals surface area contributed by atoms with Crippen LogP contribution in [0.15, 0.2) is 12.1 Å². The number of carboxylic acids is 1. The van der Waals surface area contributed by atoms with Crippen molar-refractivity contribution in [2.24, 2.45) is 0 Å². The lowest BCUT2D eigenvalue weighted by atomic mass is 10.1. The van der Waals surface area contributed by atoms with Crippen molar-refractivity contribution < 1.29 is 37.3 Å². The monoisotopic (exact) mass is 321 g/mol. The molecule has 0 saturated carbocycles. The second kappa shape index (κ2) is 7.01. The topological polar surface area (TPSA) is 84.9 Å². The molecule has 1 rings (SSSR count). The maximum Gasteiger partial charge on any atom is 0.389 e. The number of hydrogen-bond acceptors (Lipinski definition) is 4. The average Bonchev–Trinajstić information content (AvgIpc) is 2.43. The highest BCUT2D eigenvalue weighted by molar-refractivity contribution is 5.96. The zero-order chi connectivity index (χ0) is 16.9. The Morgan fingerprint density at radius 2 is 1.86 bits per heavy atom. The maximum atomic E-state index is 12.1. The van der Waals surface area contributed by atoms with Crippen molar-refractivity contribution in [3.63, 3.8) is 0 Å². The highest BCUT2D eigenvalue weighted by Crippen LogP contribution is 2.37. The maximum absolute atomic E-state index is 12.1. The Kier molecular flexibility index (Phi) is 5.61. The van der Waals surface area contributed by atoms with Gasteiger partial charge in [0, 0.05) is 6.42 Å². The molecular weight excluding hydrogens is 307 g/mol. The van der Waals surface area contributed by atoms with Crippen LogP contribution in [0.3, 0.4) is 0 Å². The van der Waals surface area contributed by atoms with E-state index in [1.165, 1.54) is 20.3 Å². The van der Waals surface area contributed by atoms with Gasteiger partial charge in [0.15, 0.2) is 11.5 Å². The number of halogens is 3. The molecule has 1 aromatic rings. The summed E-state index contributed by atoms with van der Waals surface area (Å²) in [6, 6.07) is 2.25. The van der Waals surface area contributed by atoms with Crippen molar-refractivity contribution in [2.45, 2.75) is 19.0 Å². The van der Waals surface area contributed by atoms with Gasteiger partial charge in [-0.3, -0.25) is 4.79 Å². The van der Waals surface area contributed by atoms with Gasteiger partial charge >= 0.3 is 12.1 Å². The normalized spacial score (nSPS) is 11.0. The third-order valence-corrected chi connectivity index (χ3v) is 2.64. The zero-order valence-corrected chi connectivity index (χ0v) is 11.8. The van der Waals surface area contributed by atoms with Gasteiger partial charge in [0.05, 0.1) is 31.9 Å². The molecule has 0 aliphatic heterocycles. The Labute approximate surface area is 123 Å². The van der Waals surface area contributed by atoms with Gasteiger partial charge in [0.1, 0.15) is 0 Å². The van der Waals surface area contributed by atoms with E-state index in [1.807, 2.05) is 0 Å². The second-order valence-electron chi connectivity index (χ2n) is 4.23. The van der Waals surface area contributed by atoms with Crippen molar-refractivity contribution in [3.8, 4) is 11.5 Å². The summed E-state index contributed by atoms with van der Waals surface area (Å²) >= 11 is 0. The number of carbonyl (C=O) groups excluding carboxylic acids is 1. The van der Waals surface area contributed by atoms with Crippen LogP contribution in [-0.2, 0) is 4.79 Å². The minimum Gasteiger partial charge on any atom is -0.493 e. The van der Waals surface area contributed by atoms with Crippen molar-refractivity contribution in [1.29, 1.82) is 0 Å². The quantitative estimate of drug-likeness (QED) is 0.841. The molecule has 0 aliphatic carbocycles. The summed E-state index contributed by atoms with van der Waals surface area (Å²) in [5.74, 6) is -2.15. The van der Waals surface area contributed by atoms with Crippen LogP contribution in [0, 0.1) is 0 Å². The molecule has 0 fully saturated rings. The lowest BCUT2D eigenvalue weighted by Gasteiger charge is -2.15. The Bertz CT molecular complexity index is 572. The van der Waals surface area contributed by atoms with E-state index >= 15 is 0 Å². The van der Waals surface area contributed by atoms with E-state index in [0.717, 1.165) is 6.07 Å². The largest absolute Gasteiger partial charge is 0.493 e. The number of carbonyl (C=O) groups is 2. The first-order valence-electron chi connectivity index (χ1n) is 6.04. The Morgan fingerprint density at radius 3 is 2.32 bits per heavy atom. The number of ether oxygens (including phenoxy) is 2. The molecule has 22 heavy (non-hydrogen) atoms. The summed E-state index contributed by atoms with van der Waals surface area (Å²) in [5.41, 5.74) is -0.282. The molecule has 0 radical (unpaired) electrons. The first-order chi connectivity index (χ1) is 10.2. The molecule has 9 heteroatoms. The van der Waals surface area contributed by atoms with Crippen molar-refractivity contribution in [1.82, 2.24) is 0 Å². The summed E-state index contributed by atoms with van der Waals surface area (Å²) in [6.07, 6.45) is -6.52. The third-order valence-electron chi connectivity index (χ3n) is 2.64. The predicted molar refractivity (Wildman–Crippen MR) is 70.4 cm³/mol. The lowest BCUT2D eigenvalue weighted by molar-refractivity contribution is -0.142. The average molecular weight is 321 g/mol. The SMILES string of the molecule is COc1cc(C(=O)O)cc(NC(=O)CCC(F)(F)F)c1OC. The van der Waals surface area contributed by atoms with E-state index < -0.39 is 30.9 Å². The van der Waals surface area contributed by atoms with Gasteiger partial charge in [0.2, 0.25) is 5.91 Å².